The van der Waals surface area contributed by atoms with Crippen molar-refractivity contribution in [1.82, 2.24) is 0 Å². The third-order valence-corrected chi connectivity index (χ3v) is 4.61. The third-order valence-electron chi connectivity index (χ3n) is 4.61. The maximum absolute atomic E-state index is 4.96. The minimum atomic E-state index is -0.972. The molecule has 0 radical (unpaired) electrons. The van der Waals surface area contributed by atoms with E-state index >= 15 is 0 Å². The molecule has 0 aliphatic heterocycles. The first-order valence-corrected chi connectivity index (χ1v) is 17.2. The topological polar surface area (TPSA) is 0 Å². The molecular formula is C21H26Cl2Hf. The monoisotopic (exact) mass is 528 g/mol. The number of fused-ring (bicyclic) bond motifs is 3. The fraction of sp³-hybridized carbons (Fsp3) is 0.429. The quantitative estimate of drug-likeness (QED) is 0.271. The fourth-order valence-corrected chi connectivity index (χ4v) is 3.14. The number of benzene rings is 2. The van der Waals surface area contributed by atoms with E-state index in [4.69, 9.17) is 17.2 Å². The molecule has 2 aromatic rings. The van der Waals surface area contributed by atoms with E-state index in [1.54, 1.807) is 0 Å². The summed E-state index contributed by atoms with van der Waals surface area (Å²) in [5, 5.41) is 0. The van der Waals surface area contributed by atoms with Crippen molar-refractivity contribution in [3.63, 3.8) is 0 Å². The molecule has 2 aromatic carbocycles. The molecule has 0 heterocycles. The first-order chi connectivity index (χ1) is 11.1. The SMILES string of the molecule is CC(C)(C)c1ccc2c(c1)Cc1cc(C(C)(C)C)ccc1-2.[Cl][Hf][Cl]. The summed E-state index contributed by atoms with van der Waals surface area (Å²) in [6.07, 6.45) is 1.08. The summed E-state index contributed by atoms with van der Waals surface area (Å²) in [7, 11) is 9.92. The molecule has 3 heteroatoms. The van der Waals surface area contributed by atoms with Crippen LogP contribution in [0.4, 0.5) is 0 Å². The van der Waals surface area contributed by atoms with E-state index in [9.17, 15) is 0 Å². The average Bonchev–Trinajstić information content (AvgIpc) is 2.82. The van der Waals surface area contributed by atoms with E-state index in [1.807, 2.05) is 0 Å². The van der Waals surface area contributed by atoms with Gasteiger partial charge >= 0.3 is 37.7 Å². The van der Waals surface area contributed by atoms with E-state index in [0.29, 0.717) is 0 Å². The molecule has 1 aliphatic rings. The number of hydrogen-bond acceptors (Lipinski definition) is 0. The maximum atomic E-state index is 4.96. The van der Waals surface area contributed by atoms with Crippen molar-refractivity contribution in [2.75, 3.05) is 0 Å². The molecule has 0 saturated carbocycles. The zero-order valence-electron chi connectivity index (χ0n) is 15.4. The van der Waals surface area contributed by atoms with Crippen LogP contribution >= 0.6 is 17.2 Å². The van der Waals surface area contributed by atoms with Crippen LogP contribution in [0.3, 0.4) is 0 Å². The summed E-state index contributed by atoms with van der Waals surface area (Å²) in [6, 6.07) is 14.0. The Morgan fingerprint density at radius 1 is 0.708 bits per heavy atom. The molecule has 0 N–H and O–H groups in total. The van der Waals surface area contributed by atoms with Crippen LogP contribution in [0.5, 0.6) is 0 Å². The Kier molecular flexibility index (Phi) is 6.43. The first kappa shape index (κ1) is 20.2. The second-order valence-corrected chi connectivity index (χ2v) is 13.7. The molecule has 0 amide bonds. The van der Waals surface area contributed by atoms with Gasteiger partial charge in [0.15, 0.2) is 0 Å². The van der Waals surface area contributed by atoms with Crippen molar-refractivity contribution in [2.24, 2.45) is 0 Å². The molecule has 0 aromatic heterocycles. The van der Waals surface area contributed by atoms with Crippen LogP contribution in [0, 0.1) is 0 Å². The van der Waals surface area contributed by atoms with Gasteiger partial charge in [-0.15, -0.1) is 0 Å². The Morgan fingerprint density at radius 3 is 1.33 bits per heavy atom. The molecule has 24 heavy (non-hydrogen) atoms. The van der Waals surface area contributed by atoms with Crippen molar-refractivity contribution in [3.8, 4) is 11.1 Å². The molecule has 0 bridgehead atoms. The average molecular weight is 528 g/mol. The van der Waals surface area contributed by atoms with Crippen molar-refractivity contribution < 1.29 is 20.5 Å². The van der Waals surface area contributed by atoms with Gasteiger partial charge in [0.05, 0.1) is 0 Å². The van der Waals surface area contributed by atoms with Crippen LogP contribution in [-0.4, -0.2) is 0 Å². The molecular weight excluding hydrogens is 502 g/mol. The predicted octanol–water partition coefficient (Wildman–Crippen LogP) is 7.23. The summed E-state index contributed by atoms with van der Waals surface area (Å²) in [6.45, 7) is 13.7. The van der Waals surface area contributed by atoms with Crippen molar-refractivity contribution in [1.29, 1.82) is 0 Å². The summed E-state index contributed by atoms with van der Waals surface area (Å²) in [4.78, 5) is 0. The van der Waals surface area contributed by atoms with Crippen molar-refractivity contribution in [3.05, 3.63) is 58.7 Å². The molecule has 0 fully saturated rings. The van der Waals surface area contributed by atoms with Gasteiger partial charge < -0.3 is 0 Å². The molecule has 0 saturated heterocycles. The Balaban J connectivity index is 0.000000647. The summed E-state index contributed by atoms with van der Waals surface area (Å²) < 4.78 is 0. The van der Waals surface area contributed by atoms with E-state index in [-0.39, 0.29) is 10.8 Å². The van der Waals surface area contributed by atoms with Crippen molar-refractivity contribution >= 4 is 17.2 Å². The van der Waals surface area contributed by atoms with Gasteiger partial charge in [0.2, 0.25) is 0 Å². The van der Waals surface area contributed by atoms with Crippen LogP contribution in [0.1, 0.15) is 63.8 Å². The van der Waals surface area contributed by atoms with Crippen LogP contribution in [0.15, 0.2) is 36.4 Å². The summed E-state index contributed by atoms with van der Waals surface area (Å²) in [5.41, 5.74) is 9.15. The third kappa shape index (κ3) is 4.54. The molecule has 3 rings (SSSR count). The van der Waals surface area contributed by atoms with Crippen molar-refractivity contribution in [2.45, 2.75) is 58.8 Å². The Labute approximate surface area is 165 Å². The Hall–Kier alpha value is -0.110. The predicted molar refractivity (Wildman–Crippen MR) is 104 cm³/mol. The molecule has 0 spiro atoms. The molecule has 0 atom stereocenters. The van der Waals surface area contributed by atoms with E-state index in [2.05, 4.69) is 77.9 Å². The number of hydrogen-bond donors (Lipinski definition) is 0. The van der Waals surface area contributed by atoms with Gasteiger partial charge in [-0.3, -0.25) is 0 Å². The van der Waals surface area contributed by atoms with Gasteiger partial charge in [0.25, 0.3) is 0 Å². The van der Waals surface area contributed by atoms with Gasteiger partial charge in [-0.05, 0) is 50.6 Å². The zero-order chi connectivity index (χ0) is 18.1. The van der Waals surface area contributed by atoms with Crippen LogP contribution < -0.4 is 0 Å². The summed E-state index contributed by atoms with van der Waals surface area (Å²) >= 11 is -0.972. The van der Waals surface area contributed by atoms with Gasteiger partial charge in [-0.1, -0.05) is 77.9 Å². The first-order valence-electron chi connectivity index (χ1n) is 8.31. The zero-order valence-corrected chi connectivity index (χ0v) is 20.5. The minimum absolute atomic E-state index is 0.223. The molecule has 0 nitrogen and oxygen atoms in total. The summed E-state index contributed by atoms with van der Waals surface area (Å²) in [5.74, 6) is 0. The second kappa shape index (κ2) is 7.64. The van der Waals surface area contributed by atoms with Gasteiger partial charge in [-0.2, -0.15) is 0 Å². The number of halogens is 2. The molecule has 1 aliphatic carbocycles. The fourth-order valence-electron chi connectivity index (χ4n) is 3.14. The van der Waals surface area contributed by atoms with Gasteiger partial charge in [0, 0.05) is 0 Å². The van der Waals surface area contributed by atoms with E-state index < -0.39 is 20.5 Å². The van der Waals surface area contributed by atoms with E-state index in [0.717, 1.165) is 6.42 Å². The van der Waals surface area contributed by atoms with Gasteiger partial charge in [-0.25, -0.2) is 0 Å². The van der Waals surface area contributed by atoms with Gasteiger partial charge in [0.1, 0.15) is 0 Å². The van der Waals surface area contributed by atoms with Crippen LogP contribution in [0.25, 0.3) is 11.1 Å². The van der Waals surface area contributed by atoms with Crippen LogP contribution in [-0.2, 0) is 37.8 Å². The molecule has 128 valence electrons. The van der Waals surface area contributed by atoms with E-state index in [1.165, 1.54) is 33.4 Å². The van der Waals surface area contributed by atoms with Crippen LogP contribution in [0.2, 0.25) is 0 Å². The number of rotatable bonds is 0. The standard InChI is InChI=1S/C21H26.2ClH.Hf/c1-20(2,3)16-7-9-18-14(12-16)11-15-13-17(21(4,5)6)8-10-19(15)18;;;/h7-10,12-13H,11H2,1-6H3;2*1H;/q;;;+2/p-2. The molecule has 0 unspecified atom stereocenters. The Bertz CT molecular complexity index is 660. The Morgan fingerprint density at radius 2 is 1.04 bits per heavy atom. The second-order valence-electron chi connectivity index (χ2n) is 8.49. The normalized spacial score (nSPS) is 12.8.